The minimum Gasteiger partial charge on any atom is -0.481 e. The monoisotopic (exact) mass is 476 g/mol. The van der Waals surface area contributed by atoms with Crippen molar-refractivity contribution in [3.8, 4) is 11.1 Å². The topological polar surface area (TPSA) is 105 Å². The van der Waals surface area contributed by atoms with Gasteiger partial charge in [0.15, 0.2) is 0 Å². The molecule has 0 saturated heterocycles. The summed E-state index contributed by atoms with van der Waals surface area (Å²) >= 11 is 0. The van der Waals surface area contributed by atoms with Crippen LogP contribution in [-0.4, -0.2) is 41.3 Å². The van der Waals surface area contributed by atoms with E-state index in [9.17, 15) is 19.5 Å². The molecule has 0 aromatic heterocycles. The van der Waals surface area contributed by atoms with Gasteiger partial charge in [-0.2, -0.15) is 0 Å². The van der Waals surface area contributed by atoms with E-state index >= 15 is 0 Å². The van der Waals surface area contributed by atoms with E-state index in [1.807, 2.05) is 24.3 Å². The lowest BCUT2D eigenvalue weighted by Crippen LogP contribution is -2.59. The molecule has 2 atom stereocenters. The number of aliphatic carboxylic acids is 1. The number of carboxylic acid groups (broad SMARTS) is 1. The van der Waals surface area contributed by atoms with Gasteiger partial charge < -0.3 is 20.5 Å². The van der Waals surface area contributed by atoms with Crippen LogP contribution in [-0.2, 0) is 14.3 Å². The van der Waals surface area contributed by atoms with E-state index < -0.39 is 23.5 Å². The van der Waals surface area contributed by atoms with Crippen LogP contribution >= 0.6 is 0 Å². The molecule has 184 valence electrons. The Morgan fingerprint density at radius 3 is 2.17 bits per heavy atom. The Balaban J connectivity index is 1.24. The number of benzene rings is 2. The molecule has 3 N–H and O–H groups in total. The van der Waals surface area contributed by atoms with Crippen LogP contribution in [0, 0.1) is 5.92 Å². The van der Waals surface area contributed by atoms with Crippen LogP contribution in [0.1, 0.15) is 68.4 Å². The first kappa shape index (κ1) is 23.4. The van der Waals surface area contributed by atoms with Crippen molar-refractivity contribution in [3.63, 3.8) is 0 Å². The summed E-state index contributed by atoms with van der Waals surface area (Å²) in [5, 5.41) is 15.3. The highest BCUT2D eigenvalue weighted by Gasteiger charge is 2.44. The van der Waals surface area contributed by atoms with Crippen molar-refractivity contribution in [2.75, 3.05) is 6.61 Å². The molecule has 0 heterocycles. The second-order valence-corrected chi connectivity index (χ2v) is 10.1. The first-order valence-electron chi connectivity index (χ1n) is 12.6. The van der Waals surface area contributed by atoms with E-state index in [1.54, 1.807) is 0 Å². The minimum atomic E-state index is -1.00. The fraction of sp³-hybridized carbons (Fsp3) is 0.464. The third kappa shape index (κ3) is 4.64. The van der Waals surface area contributed by atoms with Crippen LogP contribution in [0.15, 0.2) is 48.5 Å². The standard InChI is InChI=1S/C28H32N2O5/c31-25(32)18-8-7-9-19(16-18)29-26(33)28(14-5-6-15-28)30-27(34)35-17-24-22-12-3-1-10-20(22)21-11-2-4-13-23(21)24/h1-4,10-13,18-19,24H,5-9,14-17H2,(H,29,33)(H,30,34)(H,31,32)/t18-,19+/m0/s1. The van der Waals surface area contributed by atoms with Crippen molar-refractivity contribution in [1.29, 1.82) is 0 Å². The molecule has 7 nitrogen and oxygen atoms in total. The molecule has 2 aromatic rings. The molecule has 5 rings (SSSR count). The number of hydrogen-bond acceptors (Lipinski definition) is 4. The number of carbonyl (C=O) groups is 3. The number of amides is 2. The number of carbonyl (C=O) groups excluding carboxylic acids is 2. The maximum absolute atomic E-state index is 13.3. The van der Waals surface area contributed by atoms with Gasteiger partial charge in [0, 0.05) is 12.0 Å². The van der Waals surface area contributed by atoms with E-state index in [-0.39, 0.29) is 24.5 Å². The van der Waals surface area contributed by atoms with Crippen LogP contribution in [0.4, 0.5) is 4.79 Å². The van der Waals surface area contributed by atoms with Crippen molar-refractivity contribution in [2.24, 2.45) is 5.92 Å². The van der Waals surface area contributed by atoms with Crippen LogP contribution < -0.4 is 10.6 Å². The largest absolute Gasteiger partial charge is 0.481 e. The number of carboxylic acids is 1. The van der Waals surface area contributed by atoms with Crippen LogP contribution in [0.25, 0.3) is 11.1 Å². The lowest BCUT2D eigenvalue weighted by molar-refractivity contribution is -0.143. The van der Waals surface area contributed by atoms with E-state index in [0.717, 1.165) is 47.9 Å². The van der Waals surface area contributed by atoms with Crippen molar-refractivity contribution in [3.05, 3.63) is 59.7 Å². The van der Waals surface area contributed by atoms with E-state index in [0.29, 0.717) is 25.7 Å². The maximum atomic E-state index is 13.3. The predicted molar refractivity (Wildman–Crippen MR) is 131 cm³/mol. The second-order valence-electron chi connectivity index (χ2n) is 10.1. The van der Waals surface area contributed by atoms with Gasteiger partial charge in [-0.25, -0.2) is 4.79 Å². The van der Waals surface area contributed by atoms with Crippen molar-refractivity contribution in [1.82, 2.24) is 10.6 Å². The third-order valence-electron chi connectivity index (χ3n) is 7.94. The van der Waals surface area contributed by atoms with Gasteiger partial charge in [0.25, 0.3) is 0 Å². The summed E-state index contributed by atoms with van der Waals surface area (Å²) in [7, 11) is 0. The number of ether oxygens (including phenoxy) is 1. The number of nitrogens with one attached hydrogen (secondary N) is 2. The normalized spacial score (nSPS) is 22.6. The molecule has 2 fully saturated rings. The lowest BCUT2D eigenvalue weighted by Gasteiger charge is -2.33. The molecule has 0 radical (unpaired) electrons. The van der Waals surface area contributed by atoms with E-state index in [1.165, 1.54) is 0 Å². The molecule has 0 bridgehead atoms. The highest BCUT2D eigenvalue weighted by atomic mass is 16.5. The summed E-state index contributed by atoms with van der Waals surface area (Å²) in [6.45, 7) is 0.195. The van der Waals surface area contributed by atoms with Crippen molar-refractivity contribution < 1.29 is 24.2 Å². The fourth-order valence-corrected chi connectivity index (χ4v) is 6.09. The summed E-state index contributed by atoms with van der Waals surface area (Å²) in [6.07, 6.45) is 4.82. The Morgan fingerprint density at radius 2 is 1.54 bits per heavy atom. The Morgan fingerprint density at radius 1 is 0.914 bits per heavy atom. The fourth-order valence-electron chi connectivity index (χ4n) is 6.09. The summed E-state index contributed by atoms with van der Waals surface area (Å²) in [4.78, 5) is 37.6. The lowest BCUT2D eigenvalue weighted by atomic mass is 9.85. The average Bonchev–Trinajstić information content (AvgIpc) is 3.46. The molecule has 7 heteroatoms. The molecule has 2 amide bonds. The molecule has 0 unspecified atom stereocenters. The highest BCUT2D eigenvalue weighted by Crippen LogP contribution is 2.44. The second kappa shape index (κ2) is 9.72. The molecule has 3 aliphatic rings. The number of rotatable bonds is 6. The van der Waals surface area contributed by atoms with Gasteiger partial charge >= 0.3 is 12.1 Å². The summed E-state index contributed by atoms with van der Waals surface area (Å²) in [6, 6.07) is 16.2. The number of hydrogen-bond donors (Lipinski definition) is 3. The Kier molecular flexibility index (Phi) is 6.50. The first-order chi connectivity index (χ1) is 17.0. The first-order valence-corrected chi connectivity index (χ1v) is 12.6. The Hall–Kier alpha value is -3.35. The summed E-state index contributed by atoms with van der Waals surface area (Å²) in [5.74, 6) is -1.50. The summed E-state index contributed by atoms with van der Waals surface area (Å²) < 4.78 is 5.71. The summed E-state index contributed by atoms with van der Waals surface area (Å²) in [5.41, 5.74) is 3.60. The molecular weight excluding hydrogens is 444 g/mol. The predicted octanol–water partition coefficient (Wildman–Crippen LogP) is 4.60. The minimum absolute atomic E-state index is 0.0447. The molecule has 35 heavy (non-hydrogen) atoms. The van der Waals surface area contributed by atoms with Gasteiger partial charge in [-0.15, -0.1) is 0 Å². The quantitative estimate of drug-likeness (QED) is 0.565. The van der Waals surface area contributed by atoms with Gasteiger partial charge in [-0.3, -0.25) is 9.59 Å². The van der Waals surface area contributed by atoms with E-state index in [4.69, 9.17) is 4.74 Å². The van der Waals surface area contributed by atoms with Gasteiger partial charge in [-0.1, -0.05) is 67.8 Å². The SMILES string of the molecule is O=C(NC1(C(=O)N[C@@H]2CCC[C@H](C(=O)O)C2)CCCC1)OCC1c2ccccc2-c2ccccc21. The van der Waals surface area contributed by atoms with Crippen molar-refractivity contribution >= 4 is 18.0 Å². The zero-order chi connectivity index (χ0) is 24.4. The molecular formula is C28H32N2O5. The van der Waals surface area contributed by atoms with Crippen LogP contribution in [0.5, 0.6) is 0 Å². The maximum Gasteiger partial charge on any atom is 0.408 e. The third-order valence-corrected chi connectivity index (χ3v) is 7.94. The number of fused-ring (bicyclic) bond motifs is 3. The molecule has 2 saturated carbocycles. The highest BCUT2D eigenvalue weighted by molar-refractivity contribution is 5.90. The molecule has 0 spiro atoms. The van der Waals surface area contributed by atoms with Crippen LogP contribution in [0.3, 0.4) is 0 Å². The molecule has 3 aliphatic carbocycles. The van der Waals surface area contributed by atoms with Gasteiger partial charge in [0.2, 0.25) is 5.91 Å². The zero-order valence-electron chi connectivity index (χ0n) is 19.8. The smallest absolute Gasteiger partial charge is 0.408 e. The Bertz CT molecular complexity index is 1080. The van der Waals surface area contributed by atoms with Gasteiger partial charge in [0.05, 0.1) is 5.92 Å². The molecule has 0 aliphatic heterocycles. The average molecular weight is 477 g/mol. The number of alkyl carbamates (subject to hydrolysis) is 1. The van der Waals surface area contributed by atoms with Gasteiger partial charge in [-0.05, 0) is 54.4 Å². The van der Waals surface area contributed by atoms with E-state index in [2.05, 4.69) is 34.9 Å². The molecule has 2 aromatic carbocycles. The Labute approximate surface area is 205 Å². The zero-order valence-corrected chi connectivity index (χ0v) is 19.8. The van der Waals surface area contributed by atoms with Crippen molar-refractivity contribution in [2.45, 2.75) is 68.9 Å². The van der Waals surface area contributed by atoms with Crippen LogP contribution in [0.2, 0.25) is 0 Å². The van der Waals surface area contributed by atoms with Gasteiger partial charge in [0.1, 0.15) is 12.1 Å².